The molecule has 3 aromatic rings. The lowest BCUT2D eigenvalue weighted by Gasteiger charge is -2.09. The second kappa shape index (κ2) is 7.34. The molecular formula is C21H13NO3S2. The molecule has 0 spiro atoms. The molecule has 1 saturated heterocycles. The van der Waals surface area contributed by atoms with Crippen molar-refractivity contribution >= 4 is 57.0 Å². The van der Waals surface area contributed by atoms with Gasteiger partial charge in [-0.2, -0.15) is 0 Å². The zero-order valence-corrected chi connectivity index (χ0v) is 15.6. The number of hydrogen-bond donors (Lipinski definition) is 1. The van der Waals surface area contributed by atoms with Crippen LogP contribution >= 0.6 is 24.0 Å². The third-order valence-electron chi connectivity index (χ3n) is 4.06. The quantitative estimate of drug-likeness (QED) is 0.307. The number of benzene rings is 3. The minimum atomic E-state index is -0.448. The molecule has 4 rings (SSSR count). The van der Waals surface area contributed by atoms with E-state index in [4.69, 9.17) is 17.0 Å². The lowest BCUT2D eigenvalue weighted by Crippen LogP contribution is -2.17. The van der Waals surface area contributed by atoms with Gasteiger partial charge in [-0.15, -0.1) is 0 Å². The van der Waals surface area contributed by atoms with E-state index in [9.17, 15) is 9.59 Å². The van der Waals surface area contributed by atoms with E-state index in [0.29, 0.717) is 26.1 Å². The van der Waals surface area contributed by atoms with Gasteiger partial charge >= 0.3 is 5.97 Å². The number of fused-ring (bicyclic) bond motifs is 1. The summed E-state index contributed by atoms with van der Waals surface area (Å²) in [6, 6.07) is 20.2. The summed E-state index contributed by atoms with van der Waals surface area (Å²) < 4.78 is 6.07. The van der Waals surface area contributed by atoms with Crippen LogP contribution in [-0.4, -0.2) is 16.2 Å². The molecule has 0 radical (unpaired) electrons. The number of para-hydroxylation sites is 1. The van der Waals surface area contributed by atoms with Gasteiger partial charge in [0.1, 0.15) is 10.1 Å². The third-order valence-corrected chi connectivity index (χ3v) is 5.22. The summed E-state index contributed by atoms with van der Waals surface area (Å²) in [5.74, 6) is -0.314. The highest BCUT2D eigenvalue weighted by Crippen LogP contribution is 2.30. The van der Waals surface area contributed by atoms with E-state index in [1.807, 2.05) is 42.5 Å². The number of rotatable bonds is 3. The van der Waals surface area contributed by atoms with Crippen LogP contribution in [-0.2, 0) is 4.79 Å². The summed E-state index contributed by atoms with van der Waals surface area (Å²) in [6.07, 6.45) is 1.67. The first-order chi connectivity index (χ1) is 13.1. The number of nitrogens with one attached hydrogen (secondary N) is 1. The Morgan fingerprint density at radius 1 is 1.00 bits per heavy atom. The fraction of sp³-hybridized carbons (Fsp3) is 0. The third kappa shape index (κ3) is 3.63. The minimum Gasteiger partial charge on any atom is -0.422 e. The fourth-order valence-electron chi connectivity index (χ4n) is 2.81. The van der Waals surface area contributed by atoms with E-state index in [2.05, 4.69) is 5.32 Å². The Bertz CT molecular complexity index is 1120. The lowest BCUT2D eigenvalue weighted by molar-refractivity contribution is -0.115. The molecule has 1 aliphatic heterocycles. The van der Waals surface area contributed by atoms with Crippen LogP contribution < -0.4 is 10.1 Å². The number of thiocarbonyl (C=S) groups is 1. The van der Waals surface area contributed by atoms with E-state index in [1.54, 1.807) is 30.3 Å². The Labute approximate surface area is 165 Å². The molecule has 27 heavy (non-hydrogen) atoms. The number of carbonyl (C=O) groups is 2. The predicted octanol–water partition coefficient (Wildman–Crippen LogP) is 4.55. The SMILES string of the molecule is O=C1NC(=S)S/C1=C\c1ccccc1OC(=O)c1cccc2ccccc12. The molecule has 1 fully saturated rings. The summed E-state index contributed by atoms with van der Waals surface area (Å²) in [5, 5.41) is 4.37. The highest BCUT2D eigenvalue weighted by Gasteiger charge is 2.23. The number of esters is 1. The highest BCUT2D eigenvalue weighted by atomic mass is 32.2. The largest absolute Gasteiger partial charge is 0.422 e. The summed E-state index contributed by atoms with van der Waals surface area (Å²) in [4.78, 5) is 25.1. The maximum Gasteiger partial charge on any atom is 0.344 e. The van der Waals surface area contributed by atoms with Gasteiger partial charge in [0, 0.05) is 5.56 Å². The second-order valence-electron chi connectivity index (χ2n) is 5.81. The first-order valence-electron chi connectivity index (χ1n) is 8.15. The number of carbonyl (C=O) groups excluding carboxylic acids is 2. The maximum atomic E-state index is 12.8. The van der Waals surface area contributed by atoms with Crippen molar-refractivity contribution in [2.24, 2.45) is 0 Å². The Balaban J connectivity index is 1.67. The second-order valence-corrected chi connectivity index (χ2v) is 7.53. The molecule has 0 aliphatic carbocycles. The van der Waals surface area contributed by atoms with E-state index in [-0.39, 0.29) is 5.91 Å². The van der Waals surface area contributed by atoms with Gasteiger partial charge in [-0.25, -0.2) is 4.79 Å². The van der Waals surface area contributed by atoms with Gasteiger partial charge in [-0.3, -0.25) is 4.79 Å². The van der Waals surface area contributed by atoms with Crippen molar-refractivity contribution in [1.82, 2.24) is 5.32 Å². The summed E-state index contributed by atoms with van der Waals surface area (Å²) in [7, 11) is 0. The Kier molecular flexibility index (Phi) is 4.75. The molecule has 0 aromatic heterocycles. The monoisotopic (exact) mass is 391 g/mol. The van der Waals surface area contributed by atoms with Gasteiger partial charge < -0.3 is 10.1 Å². The van der Waals surface area contributed by atoms with E-state index < -0.39 is 5.97 Å². The van der Waals surface area contributed by atoms with Crippen molar-refractivity contribution in [2.75, 3.05) is 0 Å². The normalized spacial score (nSPS) is 15.2. The molecule has 4 nitrogen and oxygen atoms in total. The molecule has 0 unspecified atom stereocenters. The predicted molar refractivity (Wildman–Crippen MR) is 112 cm³/mol. The van der Waals surface area contributed by atoms with Gasteiger partial charge in [0.15, 0.2) is 0 Å². The minimum absolute atomic E-state index is 0.250. The average molecular weight is 391 g/mol. The van der Waals surface area contributed by atoms with Crippen molar-refractivity contribution < 1.29 is 14.3 Å². The van der Waals surface area contributed by atoms with Crippen LogP contribution in [0.25, 0.3) is 16.8 Å². The zero-order valence-electron chi connectivity index (χ0n) is 14.0. The molecule has 1 heterocycles. The van der Waals surface area contributed by atoms with Gasteiger partial charge in [0.05, 0.1) is 10.5 Å². The molecule has 0 atom stereocenters. The molecule has 1 amide bonds. The Hall–Kier alpha value is -2.96. The molecule has 0 bridgehead atoms. The number of thioether (sulfide) groups is 1. The molecule has 1 aliphatic rings. The lowest BCUT2D eigenvalue weighted by atomic mass is 10.0. The van der Waals surface area contributed by atoms with E-state index in [1.165, 1.54) is 11.8 Å². The summed E-state index contributed by atoms with van der Waals surface area (Å²) in [6.45, 7) is 0. The summed E-state index contributed by atoms with van der Waals surface area (Å²) in [5.41, 5.74) is 1.12. The fourth-order valence-corrected chi connectivity index (χ4v) is 3.85. The van der Waals surface area contributed by atoms with E-state index in [0.717, 1.165) is 10.8 Å². The van der Waals surface area contributed by atoms with Crippen molar-refractivity contribution in [3.63, 3.8) is 0 Å². The smallest absolute Gasteiger partial charge is 0.344 e. The van der Waals surface area contributed by atoms with Crippen LogP contribution in [0, 0.1) is 0 Å². The van der Waals surface area contributed by atoms with Crippen LogP contribution in [0.15, 0.2) is 71.6 Å². The molecule has 132 valence electrons. The van der Waals surface area contributed by atoms with Crippen LogP contribution in [0.4, 0.5) is 0 Å². The van der Waals surface area contributed by atoms with Crippen LogP contribution in [0.2, 0.25) is 0 Å². The van der Waals surface area contributed by atoms with Gasteiger partial charge in [0.25, 0.3) is 5.91 Å². The van der Waals surface area contributed by atoms with E-state index >= 15 is 0 Å². The van der Waals surface area contributed by atoms with Crippen molar-refractivity contribution in [2.45, 2.75) is 0 Å². The van der Waals surface area contributed by atoms with Crippen molar-refractivity contribution in [3.8, 4) is 5.75 Å². The number of hydrogen-bond acceptors (Lipinski definition) is 5. The van der Waals surface area contributed by atoms with Crippen molar-refractivity contribution in [1.29, 1.82) is 0 Å². The first kappa shape index (κ1) is 17.5. The number of amides is 1. The molecule has 1 N–H and O–H groups in total. The first-order valence-corrected chi connectivity index (χ1v) is 9.38. The molecule has 0 saturated carbocycles. The van der Waals surface area contributed by atoms with Crippen LogP contribution in [0.3, 0.4) is 0 Å². The van der Waals surface area contributed by atoms with Gasteiger partial charge in [-0.05, 0) is 29.0 Å². The molecule has 6 heteroatoms. The Morgan fingerprint density at radius 3 is 2.56 bits per heavy atom. The standard InChI is InChI=1S/C21H13NO3S2/c23-19-18(27-21(26)22-19)12-14-7-2-4-11-17(14)25-20(24)16-10-5-8-13-6-1-3-9-15(13)16/h1-12H,(H,22,23,26)/b18-12-. The van der Waals surface area contributed by atoms with Crippen LogP contribution in [0.5, 0.6) is 5.75 Å². The zero-order chi connectivity index (χ0) is 18.8. The Morgan fingerprint density at radius 2 is 1.74 bits per heavy atom. The average Bonchev–Trinajstić information content (AvgIpc) is 2.99. The topological polar surface area (TPSA) is 55.4 Å². The van der Waals surface area contributed by atoms with Crippen LogP contribution in [0.1, 0.15) is 15.9 Å². The maximum absolute atomic E-state index is 12.8. The van der Waals surface area contributed by atoms with Gasteiger partial charge in [0.2, 0.25) is 0 Å². The molecule has 3 aromatic carbocycles. The summed E-state index contributed by atoms with van der Waals surface area (Å²) >= 11 is 6.19. The molecular weight excluding hydrogens is 378 g/mol. The number of ether oxygens (including phenoxy) is 1. The van der Waals surface area contributed by atoms with Crippen molar-refractivity contribution in [3.05, 3.63) is 82.8 Å². The van der Waals surface area contributed by atoms with Gasteiger partial charge in [-0.1, -0.05) is 78.6 Å². The highest BCUT2D eigenvalue weighted by molar-refractivity contribution is 8.26.